The highest BCUT2D eigenvalue weighted by molar-refractivity contribution is 7.92. The fourth-order valence-electron chi connectivity index (χ4n) is 2.81. The highest BCUT2D eigenvalue weighted by Gasteiger charge is 2.18. The number of rotatable bonds is 7. The van der Waals surface area contributed by atoms with Gasteiger partial charge in [0.1, 0.15) is 11.3 Å². The van der Waals surface area contributed by atoms with Crippen molar-refractivity contribution < 1.29 is 17.7 Å². The summed E-state index contributed by atoms with van der Waals surface area (Å²) >= 11 is 6.17. The van der Waals surface area contributed by atoms with Crippen LogP contribution in [0.3, 0.4) is 0 Å². The number of aromatic nitrogens is 1. The van der Waals surface area contributed by atoms with E-state index in [4.69, 9.17) is 16.1 Å². The lowest BCUT2D eigenvalue weighted by Crippen LogP contribution is -2.15. The third-order valence-corrected chi connectivity index (χ3v) is 6.55. The van der Waals surface area contributed by atoms with E-state index in [0.717, 1.165) is 12.0 Å². The third kappa shape index (κ3) is 4.83. The van der Waals surface area contributed by atoms with Gasteiger partial charge in [-0.2, -0.15) is 0 Å². The van der Waals surface area contributed by atoms with E-state index in [0.29, 0.717) is 17.4 Å². The predicted molar refractivity (Wildman–Crippen MR) is 117 cm³/mol. The molecule has 1 atom stereocenters. The van der Waals surface area contributed by atoms with Crippen molar-refractivity contribution in [3.8, 4) is 0 Å². The second-order valence-corrected chi connectivity index (χ2v) is 9.02. The van der Waals surface area contributed by atoms with Crippen molar-refractivity contribution in [1.82, 2.24) is 5.16 Å². The number of sulfonamides is 1. The van der Waals surface area contributed by atoms with Crippen molar-refractivity contribution in [2.45, 2.75) is 38.0 Å². The summed E-state index contributed by atoms with van der Waals surface area (Å²) in [6, 6.07) is 11.3. The molecule has 0 fully saturated rings. The lowest BCUT2D eigenvalue weighted by atomic mass is 9.99. The van der Waals surface area contributed by atoms with E-state index in [2.05, 4.69) is 29.0 Å². The Morgan fingerprint density at radius 1 is 1.20 bits per heavy atom. The molecule has 0 spiro atoms. The minimum Gasteiger partial charge on any atom is -0.361 e. The first kappa shape index (κ1) is 21.9. The average molecular weight is 448 g/mol. The van der Waals surface area contributed by atoms with E-state index >= 15 is 0 Å². The van der Waals surface area contributed by atoms with Gasteiger partial charge in [-0.15, -0.1) is 0 Å². The molecule has 7 nitrogen and oxygen atoms in total. The molecule has 0 bridgehead atoms. The molecule has 0 saturated heterocycles. The van der Waals surface area contributed by atoms with E-state index < -0.39 is 15.9 Å². The lowest BCUT2D eigenvalue weighted by Gasteiger charge is -2.13. The molecular formula is C21H22ClN3O4S. The molecule has 158 valence electrons. The van der Waals surface area contributed by atoms with Crippen molar-refractivity contribution in [3.63, 3.8) is 0 Å². The van der Waals surface area contributed by atoms with Crippen LogP contribution < -0.4 is 10.0 Å². The van der Waals surface area contributed by atoms with Gasteiger partial charge in [-0.25, -0.2) is 8.42 Å². The molecule has 1 amide bonds. The SMILES string of the molecule is CCC(C)c1ccc(S(=O)(=O)Nc2cc(NC(=O)c3cnoc3C)ccc2Cl)cc1. The molecule has 0 aliphatic rings. The molecule has 1 aromatic heterocycles. The second kappa shape index (κ2) is 8.89. The van der Waals surface area contributed by atoms with Gasteiger partial charge in [0.15, 0.2) is 0 Å². The Bertz CT molecular complexity index is 1160. The van der Waals surface area contributed by atoms with Gasteiger partial charge >= 0.3 is 0 Å². The van der Waals surface area contributed by atoms with Gasteiger partial charge in [-0.05, 0) is 55.2 Å². The zero-order chi connectivity index (χ0) is 21.9. The van der Waals surface area contributed by atoms with Gasteiger partial charge in [0.25, 0.3) is 15.9 Å². The molecule has 2 aromatic carbocycles. The predicted octanol–water partition coefficient (Wildman–Crippen LogP) is 5.20. The number of nitrogens with one attached hydrogen (secondary N) is 2. The van der Waals surface area contributed by atoms with Gasteiger partial charge in [0.2, 0.25) is 0 Å². The number of halogens is 1. The number of carbonyl (C=O) groups excluding carboxylic acids is 1. The van der Waals surface area contributed by atoms with Gasteiger partial charge in [0.05, 0.1) is 21.8 Å². The number of anilines is 2. The van der Waals surface area contributed by atoms with E-state index in [1.54, 1.807) is 25.1 Å². The van der Waals surface area contributed by atoms with E-state index in [1.165, 1.54) is 18.3 Å². The third-order valence-electron chi connectivity index (χ3n) is 4.84. The Kier molecular flexibility index (Phi) is 6.48. The zero-order valence-corrected chi connectivity index (χ0v) is 18.3. The molecule has 3 rings (SSSR count). The summed E-state index contributed by atoms with van der Waals surface area (Å²) in [5, 5.41) is 6.45. The maximum Gasteiger partial charge on any atom is 0.261 e. The van der Waals surface area contributed by atoms with Gasteiger partial charge in [-0.1, -0.05) is 42.7 Å². The Hall–Kier alpha value is -2.84. The van der Waals surface area contributed by atoms with Crippen molar-refractivity contribution in [2.24, 2.45) is 0 Å². The maximum absolute atomic E-state index is 12.8. The molecule has 1 unspecified atom stereocenters. The highest BCUT2D eigenvalue weighted by atomic mass is 35.5. The summed E-state index contributed by atoms with van der Waals surface area (Å²) < 4.78 is 33.0. The normalized spacial score (nSPS) is 12.4. The smallest absolute Gasteiger partial charge is 0.261 e. The maximum atomic E-state index is 12.8. The van der Waals surface area contributed by atoms with Gasteiger partial charge in [0, 0.05) is 5.69 Å². The fourth-order valence-corrected chi connectivity index (χ4v) is 4.10. The van der Waals surface area contributed by atoms with Crippen molar-refractivity contribution in [1.29, 1.82) is 0 Å². The highest BCUT2D eigenvalue weighted by Crippen LogP contribution is 2.29. The minimum absolute atomic E-state index is 0.125. The molecule has 0 radical (unpaired) electrons. The topological polar surface area (TPSA) is 101 Å². The van der Waals surface area contributed by atoms with Crippen LogP contribution in [-0.4, -0.2) is 19.5 Å². The summed E-state index contributed by atoms with van der Waals surface area (Å²) in [6.07, 6.45) is 2.28. The Morgan fingerprint density at radius 3 is 2.50 bits per heavy atom. The van der Waals surface area contributed by atoms with E-state index in [1.807, 2.05) is 12.1 Å². The molecule has 9 heteroatoms. The molecule has 1 heterocycles. The van der Waals surface area contributed by atoms with Crippen LogP contribution in [0, 0.1) is 6.92 Å². The standard InChI is InChI=1S/C21H22ClN3O4S/c1-4-13(2)15-5-8-17(9-6-15)30(27,28)25-20-11-16(7-10-19(20)22)24-21(26)18-12-23-29-14(18)3/h5-13,25H,4H2,1-3H3,(H,24,26). The summed E-state index contributed by atoms with van der Waals surface area (Å²) in [4.78, 5) is 12.5. The lowest BCUT2D eigenvalue weighted by molar-refractivity contribution is 0.102. The van der Waals surface area contributed by atoms with Crippen LogP contribution in [0.2, 0.25) is 5.02 Å². The summed E-state index contributed by atoms with van der Waals surface area (Å²) in [5.41, 5.74) is 1.88. The van der Waals surface area contributed by atoms with Crippen LogP contribution in [0.1, 0.15) is 47.9 Å². The van der Waals surface area contributed by atoms with Crippen LogP contribution in [-0.2, 0) is 10.0 Å². The van der Waals surface area contributed by atoms with Crippen molar-refractivity contribution >= 4 is 38.9 Å². The quantitative estimate of drug-likeness (QED) is 0.518. The number of nitrogens with zero attached hydrogens (tertiary/aromatic N) is 1. The van der Waals surface area contributed by atoms with Crippen LogP contribution in [0.15, 0.2) is 58.1 Å². The summed E-state index contributed by atoms with van der Waals surface area (Å²) in [6.45, 7) is 5.79. The Labute approximate surface area is 180 Å². The number of amides is 1. The Balaban J connectivity index is 1.81. The first-order valence-electron chi connectivity index (χ1n) is 9.36. The molecule has 0 saturated carbocycles. The fraction of sp³-hybridized carbons (Fsp3) is 0.238. The first-order valence-corrected chi connectivity index (χ1v) is 11.2. The number of hydrogen-bond donors (Lipinski definition) is 2. The van der Waals surface area contributed by atoms with Gasteiger partial charge in [-0.3, -0.25) is 9.52 Å². The monoisotopic (exact) mass is 447 g/mol. The Morgan fingerprint density at radius 2 is 1.90 bits per heavy atom. The minimum atomic E-state index is -3.85. The van der Waals surface area contributed by atoms with Crippen LogP contribution in [0.4, 0.5) is 11.4 Å². The zero-order valence-electron chi connectivity index (χ0n) is 16.8. The summed E-state index contributed by atoms with van der Waals surface area (Å²) in [5.74, 6) is 0.298. The molecule has 3 aromatic rings. The van der Waals surface area contributed by atoms with Crippen LogP contribution in [0.25, 0.3) is 0 Å². The van der Waals surface area contributed by atoms with E-state index in [-0.39, 0.29) is 21.2 Å². The van der Waals surface area contributed by atoms with Gasteiger partial charge < -0.3 is 9.84 Å². The number of carbonyl (C=O) groups is 1. The number of aryl methyl sites for hydroxylation is 1. The average Bonchev–Trinajstić information content (AvgIpc) is 3.16. The first-order chi connectivity index (χ1) is 14.2. The molecular weight excluding hydrogens is 426 g/mol. The number of benzene rings is 2. The molecule has 2 N–H and O–H groups in total. The summed E-state index contributed by atoms with van der Waals surface area (Å²) in [7, 11) is -3.85. The van der Waals surface area contributed by atoms with Crippen molar-refractivity contribution in [3.05, 3.63) is 70.6 Å². The second-order valence-electron chi connectivity index (χ2n) is 6.93. The van der Waals surface area contributed by atoms with Crippen LogP contribution in [0.5, 0.6) is 0 Å². The van der Waals surface area contributed by atoms with E-state index in [9.17, 15) is 13.2 Å². The molecule has 30 heavy (non-hydrogen) atoms. The number of hydrogen-bond acceptors (Lipinski definition) is 5. The molecule has 0 aliphatic carbocycles. The van der Waals surface area contributed by atoms with Crippen molar-refractivity contribution in [2.75, 3.05) is 10.0 Å². The molecule has 0 aliphatic heterocycles. The van der Waals surface area contributed by atoms with Crippen LogP contribution >= 0.6 is 11.6 Å². The largest absolute Gasteiger partial charge is 0.361 e.